The molecule has 0 N–H and O–H groups in total. The Labute approximate surface area is 130 Å². The maximum absolute atomic E-state index is 13.5. The molecule has 3 rings (SSSR count). The molecule has 0 aliphatic carbocycles. The Kier molecular flexibility index (Phi) is 4.18. The van der Waals surface area contributed by atoms with E-state index in [1.807, 2.05) is 17.7 Å². The van der Waals surface area contributed by atoms with Crippen LogP contribution in [0.5, 0.6) is 5.75 Å². The second-order valence-electron chi connectivity index (χ2n) is 5.02. The molecule has 1 aromatic carbocycles. The van der Waals surface area contributed by atoms with Crippen LogP contribution in [0.4, 0.5) is 13.2 Å². The molecule has 4 nitrogen and oxygen atoms in total. The minimum atomic E-state index is -3.08. The third-order valence-electron chi connectivity index (χ3n) is 3.41. The van der Waals surface area contributed by atoms with Gasteiger partial charge in [-0.2, -0.15) is 13.9 Å². The van der Waals surface area contributed by atoms with Crippen molar-refractivity contribution in [2.75, 3.05) is 0 Å². The van der Waals surface area contributed by atoms with Crippen molar-refractivity contribution in [1.82, 2.24) is 14.8 Å². The highest BCUT2D eigenvalue weighted by Gasteiger charge is 2.12. The van der Waals surface area contributed by atoms with Crippen molar-refractivity contribution in [1.29, 1.82) is 0 Å². The SMILES string of the molecule is CCCn1ncc2ncc(-c3ccc(F)c(OC(F)F)c3)cc21. The predicted molar refractivity (Wildman–Crippen MR) is 79.8 cm³/mol. The van der Waals surface area contributed by atoms with Crippen LogP contribution in [-0.2, 0) is 6.54 Å². The van der Waals surface area contributed by atoms with Gasteiger partial charge in [0.1, 0.15) is 5.52 Å². The summed E-state index contributed by atoms with van der Waals surface area (Å²) in [5.41, 5.74) is 2.80. The number of benzene rings is 1. The van der Waals surface area contributed by atoms with Crippen LogP contribution in [0.15, 0.2) is 36.7 Å². The largest absolute Gasteiger partial charge is 0.432 e. The zero-order chi connectivity index (χ0) is 16.4. The minimum Gasteiger partial charge on any atom is -0.432 e. The number of aryl methyl sites for hydroxylation is 1. The summed E-state index contributed by atoms with van der Waals surface area (Å²) in [6.07, 6.45) is 4.19. The van der Waals surface area contributed by atoms with Gasteiger partial charge < -0.3 is 4.74 Å². The third-order valence-corrected chi connectivity index (χ3v) is 3.41. The lowest BCUT2D eigenvalue weighted by Crippen LogP contribution is -2.03. The first-order chi connectivity index (χ1) is 11.1. The smallest absolute Gasteiger partial charge is 0.387 e. The molecule has 0 amide bonds. The van der Waals surface area contributed by atoms with Crippen LogP contribution in [0.2, 0.25) is 0 Å². The predicted octanol–water partition coefficient (Wildman–Crippen LogP) is 4.25. The number of aromatic nitrogens is 3. The van der Waals surface area contributed by atoms with E-state index in [0.29, 0.717) is 11.1 Å². The van der Waals surface area contributed by atoms with E-state index < -0.39 is 18.2 Å². The number of rotatable bonds is 5. The second-order valence-corrected chi connectivity index (χ2v) is 5.02. The van der Waals surface area contributed by atoms with Crippen LogP contribution in [-0.4, -0.2) is 21.4 Å². The lowest BCUT2D eigenvalue weighted by molar-refractivity contribution is -0.0521. The molecule has 0 saturated carbocycles. The zero-order valence-electron chi connectivity index (χ0n) is 12.3. The summed E-state index contributed by atoms with van der Waals surface area (Å²) in [5, 5.41) is 4.26. The maximum Gasteiger partial charge on any atom is 0.387 e. The van der Waals surface area contributed by atoms with Gasteiger partial charge in [-0.3, -0.25) is 9.67 Å². The summed E-state index contributed by atoms with van der Waals surface area (Å²) >= 11 is 0. The van der Waals surface area contributed by atoms with E-state index in [0.717, 1.165) is 30.1 Å². The van der Waals surface area contributed by atoms with Gasteiger partial charge in [0.25, 0.3) is 0 Å². The van der Waals surface area contributed by atoms with Crippen molar-refractivity contribution in [2.24, 2.45) is 0 Å². The van der Waals surface area contributed by atoms with E-state index in [4.69, 9.17) is 0 Å². The van der Waals surface area contributed by atoms with Crippen LogP contribution in [0.25, 0.3) is 22.2 Å². The first kappa shape index (κ1) is 15.3. The zero-order valence-corrected chi connectivity index (χ0v) is 12.3. The van der Waals surface area contributed by atoms with Crippen molar-refractivity contribution < 1.29 is 17.9 Å². The molecule has 0 fully saturated rings. The van der Waals surface area contributed by atoms with Crippen molar-refractivity contribution in [3.63, 3.8) is 0 Å². The molecular formula is C16H14F3N3O. The van der Waals surface area contributed by atoms with Crippen LogP contribution in [0.1, 0.15) is 13.3 Å². The van der Waals surface area contributed by atoms with Gasteiger partial charge >= 0.3 is 6.61 Å². The molecule has 0 saturated heterocycles. The molecule has 0 unspecified atom stereocenters. The Balaban J connectivity index is 2.04. The fourth-order valence-corrected chi connectivity index (χ4v) is 2.37. The minimum absolute atomic E-state index is 0.486. The van der Waals surface area contributed by atoms with Crippen LogP contribution in [0, 0.1) is 5.82 Å². The molecule has 23 heavy (non-hydrogen) atoms. The highest BCUT2D eigenvalue weighted by atomic mass is 19.3. The number of hydrogen-bond acceptors (Lipinski definition) is 3. The molecule has 0 aliphatic rings. The lowest BCUT2D eigenvalue weighted by Gasteiger charge is -2.09. The maximum atomic E-state index is 13.5. The van der Waals surface area contributed by atoms with Gasteiger partial charge in [-0.15, -0.1) is 0 Å². The average Bonchev–Trinajstić information content (AvgIpc) is 2.92. The number of ether oxygens (including phenoxy) is 1. The molecule has 120 valence electrons. The molecule has 0 radical (unpaired) electrons. The van der Waals surface area contributed by atoms with Gasteiger partial charge in [0.2, 0.25) is 0 Å². The van der Waals surface area contributed by atoms with E-state index in [2.05, 4.69) is 14.8 Å². The van der Waals surface area contributed by atoms with Crippen molar-refractivity contribution in [3.8, 4) is 16.9 Å². The highest BCUT2D eigenvalue weighted by Crippen LogP contribution is 2.28. The summed E-state index contributed by atoms with van der Waals surface area (Å²) < 4.78 is 44.2. The second kappa shape index (κ2) is 6.28. The summed E-state index contributed by atoms with van der Waals surface area (Å²) in [6, 6.07) is 5.69. The summed E-state index contributed by atoms with van der Waals surface area (Å²) in [6.45, 7) is -0.289. The Morgan fingerprint density at radius 1 is 1.17 bits per heavy atom. The number of hydrogen-bond donors (Lipinski definition) is 0. The molecule has 0 spiro atoms. The van der Waals surface area contributed by atoms with Gasteiger partial charge in [0.15, 0.2) is 11.6 Å². The Morgan fingerprint density at radius 2 is 2.00 bits per heavy atom. The van der Waals surface area contributed by atoms with Gasteiger partial charge in [0.05, 0.1) is 11.7 Å². The summed E-state index contributed by atoms with van der Waals surface area (Å²) in [7, 11) is 0. The third kappa shape index (κ3) is 3.13. The van der Waals surface area contributed by atoms with Crippen LogP contribution < -0.4 is 4.74 Å². The topological polar surface area (TPSA) is 39.9 Å². The van der Waals surface area contributed by atoms with Gasteiger partial charge in [0, 0.05) is 18.3 Å². The summed E-state index contributed by atoms with van der Waals surface area (Å²) in [5.74, 6) is -1.32. The fraction of sp³-hybridized carbons (Fsp3) is 0.250. The van der Waals surface area contributed by atoms with Crippen molar-refractivity contribution in [2.45, 2.75) is 26.5 Å². The number of pyridine rings is 1. The molecular weight excluding hydrogens is 307 g/mol. The van der Waals surface area contributed by atoms with E-state index in [1.165, 1.54) is 12.1 Å². The number of halogens is 3. The first-order valence-electron chi connectivity index (χ1n) is 7.14. The lowest BCUT2D eigenvalue weighted by atomic mass is 10.1. The van der Waals surface area contributed by atoms with Crippen molar-refractivity contribution >= 4 is 11.0 Å². The standard InChI is InChI=1S/C16H14F3N3O/c1-2-5-22-14-6-11(8-20-13(14)9-21-22)10-3-4-12(17)15(7-10)23-16(18)19/h3-4,6-9,16H,2,5H2,1H3. The van der Waals surface area contributed by atoms with Gasteiger partial charge in [-0.25, -0.2) is 4.39 Å². The molecule has 0 bridgehead atoms. The Morgan fingerprint density at radius 3 is 2.74 bits per heavy atom. The van der Waals surface area contributed by atoms with E-state index >= 15 is 0 Å². The van der Waals surface area contributed by atoms with Crippen molar-refractivity contribution in [3.05, 3.63) is 42.5 Å². The molecule has 2 aromatic heterocycles. The Hall–Kier alpha value is -2.57. The molecule has 2 heterocycles. The molecule has 3 aromatic rings. The quantitative estimate of drug-likeness (QED) is 0.705. The molecule has 7 heteroatoms. The monoisotopic (exact) mass is 321 g/mol. The average molecular weight is 321 g/mol. The fourth-order valence-electron chi connectivity index (χ4n) is 2.37. The number of alkyl halides is 2. The number of fused-ring (bicyclic) bond motifs is 1. The van der Waals surface area contributed by atoms with Gasteiger partial charge in [-0.1, -0.05) is 13.0 Å². The Bertz CT molecular complexity index is 833. The molecule has 0 atom stereocenters. The van der Waals surface area contributed by atoms with E-state index in [9.17, 15) is 13.2 Å². The molecule has 0 aliphatic heterocycles. The van der Waals surface area contributed by atoms with E-state index in [1.54, 1.807) is 12.4 Å². The van der Waals surface area contributed by atoms with Crippen LogP contribution in [0.3, 0.4) is 0 Å². The normalized spacial score (nSPS) is 11.3. The summed E-state index contributed by atoms with van der Waals surface area (Å²) in [4.78, 5) is 4.31. The van der Waals surface area contributed by atoms with E-state index in [-0.39, 0.29) is 0 Å². The van der Waals surface area contributed by atoms with Crippen LogP contribution >= 0.6 is 0 Å². The van der Waals surface area contributed by atoms with Gasteiger partial charge in [-0.05, 0) is 30.2 Å². The highest BCUT2D eigenvalue weighted by molar-refractivity contribution is 5.80. The number of nitrogens with zero attached hydrogens (tertiary/aromatic N) is 3. The first-order valence-corrected chi connectivity index (χ1v) is 7.14.